The molecule has 0 fully saturated rings. The first kappa shape index (κ1) is 109. The van der Waals surface area contributed by atoms with E-state index in [-0.39, 0.29) is 47.1 Å². The summed E-state index contributed by atoms with van der Waals surface area (Å²) in [6.07, 6.45) is 13.9. The molecule has 0 aliphatic carbocycles. The summed E-state index contributed by atoms with van der Waals surface area (Å²) in [6.45, 7) is 21.2. The first-order chi connectivity index (χ1) is 70.8. The molecule has 16 aromatic rings. The van der Waals surface area contributed by atoms with Crippen molar-refractivity contribution in [2.75, 3.05) is 104 Å². The van der Waals surface area contributed by atoms with E-state index < -0.39 is 85.3 Å². The lowest BCUT2D eigenvalue weighted by atomic mass is 10.2. The Bertz CT molecular complexity index is 6810. The highest BCUT2D eigenvalue weighted by Gasteiger charge is 2.39. The molecular formula is C96H116N28O20S4. The standard InChI is InChI=1S/4C24H29N7O5S/c4*1-15-13-25-30(14-15)16(2)17(3)37(32,33)29-24-28-27-23(18-9-7-12-21(26-18)36-6)31(24)22-19(34-4)10-8-11-20(22)35-5/h4*7-14,16-17H,1-6H3,(H,28,29)/t2*16-,17+;2*16-,17-/m1010/s1. The first-order valence-corrected chi connectivity index (χ1v) is 51.8. The number of hydrogen-bond donors (Lipinski definition) is 4. The van der Waals surface area contributed by atoms with E-state index in [0.29, 0.717) is 115 Å². The van der Waals surface area contributed by atoms with Gasteiger partial charge in [0, 0.05) is 49.1 Å². The van der Waals surface area contributed by atoms with Crippen molar-refractivity contribution in [1.29, 1.82) is 0 Å². The van der Waals surface area contributed by atoms with Gasteiger partial charge in [-0.2, -0.15) is 20.4 Å². The van der Waals surface area contributed by atoms with E-state index in [2.05, 4.69) is 100 Å². The fourth-order valence-corrected chi connectivity index (χ4v) is 20.0. The van der Waals surface area contributed by atoms with E-state index in [1.54, 1.807) is 269 Å². The van der Waals surface area contributed by atoms with Crippen molar-refractivity contribution in [3.8, 4) is 138 Å². The Morgan fingerprint density at radius 1 is 0.236 bits per heavy atom. The molecule has 48 nitrogen and oxygen atoms in total. The number of anilines is 4. The number of methoxy groups -OCH3 is 12. The van der Waals surface area contributed by atoms with Crippen molar-refractivity contribution in [2.45, 2.75) is 128 Å². The van der Waals surface area contributed by atoms with Gasteiger partial charge in [-0.1, -0.05) is 48.5 Å². The Labute approximate surface area is 855 Å². The molecule has 16 rings (SSSR count). The van der Waals surface area contributed by atoms with Crippen molar-refractivity contribution in [3.05, 3.63) is 217 Å². The van der Waals surface area contributed by atoms with Crippen molar-refractivity contribution >= 4 is 63.9 Å². The number of aromatic nitrogens is 24. The van der Waals surface area contributed by atoms with Gasteiger partial charge in [0.1, 0.15) is 91.5 Å². The van der Waals surface area contributed by atoms with Crippen LogP contribution in [0.1, 0.15) is 102 Å². The van der Waals surface area contributed by atoms with Crippen LogP contribution in [-0.4, -0.2) is 258 Å². The molecule has 52 heteroatoms. The van der Waals surface area contributed by atoms with E-state index in [0.717, 1.165) is 22.3 Å². The second-order valence-corrected chi connectivity index (χ2v) is 41.5. The largest absolute Gasteiger partial charge is 0.494 e. The van der Waals surface area contributed by atoms with Gasteiger partial charge in [0.15, 0.2) is 23.3 Å². The Hall–Kier alpha value is -16.5. The second-order valence-electron chi connectivity index (χ2n) is 33.4. The van der Waals surface area contributed by atoms with Crippen LogP contribution in [0.5, 0.6) is 69.5 Å². The van der Waals surface area contributed by atoms with Crippen LogP contribution in [0.2, 0.25) is 0 Å². The van der Waals surface area contributed by atoms with Crippen molar-refractivity contribution < 1.29 is 90.5 Å². The molecule has 0 saturated heterocycles. The maximum Gasteiger partial charge on any atom is 0.243 e. The van der Waals surface area contributed by atoms with Gasteiger partial charge in [0.05, 0.1) is 155 Å². The molecule has 784 valence electrons. The fourth-order valence-electron chi connectivity index (χ4n) is 15.1. The predicted molar refractivity (Wildman–Crippen MR) is 552 cm³/mol. The Kier molecular flexibility index (Phi) is 34.6. The number of nitrogens with zero attached hydrogens (tertiary/aromatic N) is 24. The third-order valence-corrected chi connectivity index (χ3v) is 31.4. The fraction of sp³-hybridized carbons (Fsp3) is 0.333. The monoisotopic (exact) mass is 2110 g/mol. The number of rotatable bonds is 40. The SMILES string of the molecule is COc1cccc(-c2nnc(NS(=O)(=O)[C@@H](C)[C@@H](C)n3cc(C)cn3)n2-c2c(OC)cccc2OC)n1.COc1cccc(-c2nnc(NS(=O)(=O)[C@@H](C)[C@H](C)n3cc(C)cn3)n2-c2c(OC)cccc2OC)n1.COc1cccc(-c2nnc(NS(=O)(=O)[C@H](C)[C@@H](C)n3cc(C)cn3)n2-c2c(OC)cccc2OC)n1.COc1cccc(-c2nnc(NS(=O)(=O)[C@H](C)[C@H](C)n3cc(C)cn3)n2-c2c(OC)cccc2OC)n1. The summed E-state index contributed by atoms with van der Waals surface area (Å²) in [5, 5.41) is 47.5. The summed E-state index contributed by atoms with van der Waals surface area (Å²) in [6, 6.07) is 39.6. The molecule has 148 heavy (non-hydrogen) atoms. The number of hydrogen-bond acceptors (Lipinski definition) is 36. The van der Waals surface area contributed by atoms with Crippen LogP contribution in [0.25, 0.3) is 68.8 Å². The molecule has 0 radical (unpaired) electrons. The molecule has 0 bridgehead atoms. The number of pyridine rings is 4. The topological polar surface area (TPSA) is 541 Å². The van der Waals surface area contributed by atoms with Gasteiger partial charge in [-0.25, -0.2) is 53.6 Å². The average Bonchev–Trinajstić information content (AvgIpc) is 1.60. The van der Waals surface area contributed by atoms with Gasteiger partial charge in [0.25, 0.3) is 0 Å². The van der Waals surface area contributed by atoms with Crippen LogP contribution in [-0.2, 0) is 40.1 Å². The zero-order chi connectivity index (χ0) is 107. The zero-order valence-electron chi connectivity index (χ0n) is 85.6. The van der Waals surface area contributed by atoms with Gasteiger partial charge in [-0.3, -0.25) is 55.9 Å². The molecular weight excluding hydrogens is 1990 g/mol. The Morgan fingerprint density at radius 2 is 0.405 bits per heavy atom. The highest BCUT2D eigenvalue weighted by atomic mass is 32.2. The lowest BCUT2D eigenvalue weighted by Crippen LogP contribution is -2.33. The number of para-hydroxylation sites is 4. The van der Waals surface area contributed by atoms with Crippen molar-refractivity contribution in [2.24, 2.45) is 0 Å². The maximum atomic E-state index is 13.5. The quantitative estimate of drug-likeness (QED) is 0.0277. The van der Waals surface area contributed by atoms with E-state index in [1.807, 2.05) is 27.7 Å². The van der Waals surface area contributed by atoms with Crippen LogP contribution in [0.15, 0.2) is 195 Å². The lowest BCUT2D eigenvalue weighted by Gasteiger charge is -2.22. The molecule has 12 aromatic heterocycles. The number of sulfonamides is 4. The molecule has 0 spiro atoms. The van der Waals surface area contributed by atoms with Crippen LogP contribution < -0.4 is 75.7 Å². The Balaban J connectivity index is 0.000000165. The van der Waals surface area contributed by atoms with Crippen LogP contribution in [0.3, 0.4) is 0 Å². The third kappa shape index (κ3) is 23.8. The van der Waals surface area contributed by atoms with Gasteiger partial charge in [-0.15, -0.1) is 40.8 Å². The predicted octanol–water partition coefficient (Wildman–Crippen LogP) is 13.0. The van der Waals surface area contributed by atoms with Gasteiger partial charge >= 0.3 is 0 Å². The average molecular weight is 2110 g/mol. The molecule has 4 N–H and O–H groups in total. The highest BCUT2D eigenvalue weighted by Crippen LogP contribution is 2.44. The molecule has 0 unspecified atom stereocenters. The highest BCUT2D eigenvalue weighted by molar-refractivity contribution is 7.94. The maximum absolute atomic E-state index is 13.5. The van der Waals surface area contributed by atoms with Gasteiger partial charge in [-0.05, 0) is 178 Å². The normalized spacial score (nSPS) is 13.1. The van der Waals surface area contributed by atoms with E-state index >= 15 is 0 Å². The lowest BCUT2D eigenvalue weighted by molar-refractivity contribution is 0.391. The zero-order valence-corrected chi connectivity index (χ0v) is 88.9. The van der Waals surface area contributed by atoms with Crippen molar-refractivity contribution in [1.82, 2.24) is 118 Å². The van der Waals surface area contributed by atoms with E-state index in [4.69, 9.17) is 56.8 Å². The number of benzene rings is 4. The minimum Gasteiger partial charge on any atom is -0.494 e. The number of aryl methyl sites for hydroxylation is 4. The molecule has 0 aliphatic heterocycles. The first-order valence-electron chi connectivity index (χ1n) is 45.6. The van der Waals surface area contributed by atoms with Crippen LogP contribution in [0, 0.1) is 27.7 Å². The summed E-state index contributed by atoms with van der Waals surface area (Å²) in [4.78, 5) is 17.8. The second kappa shape index (κ2) is 47.1. The molecule has 8 atom stereocenters. The number of ether oxygens (including phenoxy) is 12. The van der Waals surface area contributed by atoms with Crippen LogP contribution in [0.4, 0.5) is 23.8 Å². The number of nitrogens with one attached hydrogen (secondary N) is 4. The molecule has 0 aliphatic rings. The van der Waals surface area contributed by atoms with Gasteiger partial charge < -0.3 is 56.8 Å². The third-order valence-electron chi connectivity index (χ3n) is 24.0. The van der Waals surface area contributed by atoms with E-state index in [9.17, 15) is 33.7 Å². The summed E-state index contributed by atoms with van der Waals surface area (Å²) in [5.74, 6) is 5.53. The summed E-state index contributed by atoms with van der Waals surface area (Å²) >= 11 is 0. The molecule has 4 aromatic carbocycles. The molecule has 12 heterocycles. The minimum absolute atomic E-state index is 0.0573. The van der Waals surface area contributed by atoms with E-state index in [1.165, 1.54) is 104 Å². The van der Waals surface area contributed by atoms with Gasteiger partial charge in [0.2, 0.25) is 87.4 Å². The van der Waals surface area contributed by atoms with Crippen LogP contribution >= 0.6 is 0 Å². The molecule has 0 amide bonds. The smallest absolute Gasteiger partial charge is 0.243 e. The summed E-state index contributed by atoms with van der Waals surface area (Å²) in [7, 11) is 2.20. The minimum atomic E-state index is -3.96. The summed E-state index contributed by atoms with van der Waals surface area (Å²) in [5.41, 5.74) is 6.94. The van der Waals surface area contributed by atoms with Crippen molar-refractivity contribution in [3.63, 3.8) is 0 Å². The molecule has 0 saturated carbocycles. The summed E-state index contributed by atoms with van der Waals surface area (Å²) < 4.78 is 197. The Morgan fingerprint density at radius 3 is 0.554 bits per heavy atom.